The van der Waals surface area contributed by atoms with Gasteiger partial charge in [0, 0.05) is 15.1 Å². The normalized spacial score (nSPS) is 23.9. The fourth-order valence-electron chi connectivity index (χ4n) is 2.28. The number of sulfone groups is 1. The molecule has 0 saturated carbocycles. The van der Waals surface area contributed by atoms with Gasteiger partial charge in [-0.15, -0.1) is 11.8 Å². The highest BCUT2D eigenvalue weighted by molar-refractivity contribution is 9.10. The number of nitrogen functional groups attached to an aromatic ring is 1. The molecule has 5 nitrogen and oxygen atoms in total. The second-order valence-corrected chi connectivity index (χ2v) is 9.54. The predicted octanol–water partition coefficient (Wildman–Crippen LogP) is 1.82. The average Bonchev–Trinajstić information content (AvgIpc) is 2.62. The molecule has 3 N–H and O–H groups in total. The molecule has 0 spiro atoms. The van der Waals surface area contributed by atoms with Crippen LogP contribution in [0.3, 0.4) is 0 Å². The van der Waals surface area contributed by atoms with Crippen molar-refractivity contribution >= 4 is 49.1 Å². The second kappa shape index (κ2) is 6.18. The van der Waals surface area contributed by atoms with Crippen molar-refractivity contribution in [3.05, 3.63) is 22.7 Å². The number of hydrogen-bond donors (Lipinski definition) is 2. The van der Waals surface area contributed by atoms with Crippen molar-refractivity contribution in [1.29, 1.82) is 0 Å². The number of carbonyl (C=O) groups excluding carboxylic acids is 1. The number of amides is 1. The standard InChI is InChI=1S/C13H17BrN2O3S2/c1-13(4-5-21(18,19)8-13)16-12(17)7-20-11-3-2-9(14)6-10(11)15/h2-3,6H,4-5,7-8,15H2,1H3,(H,16,17). The van der Waals surface area contributed by atoms with Gasteiger partial charge in [-0.2, -0.15) is 0 Å². The summed E-state index contributed by atoms with van der Waals surface area (Å²) in [7, 11) is -3.02. The summed E-state index contributed by atoms with van der Waals surface area (Å²) in [6, 6.07) is 5.49. The smallest absolute Gasteiger partial charge is 0.230 e. The van der Waals surface area contributed by atoms with E-state index in [4.69, 9.17) is 5.73 Å². The van der Waals surface area contributed by atoms with E-state index in [1.807, 2.05) is 12.1 Å². The summed E-state index contributed by atoms with van der Waals surface area (Å²) in [5.41, 5.74) is 5.83. The molecule has 8 heteroatoms. The van der Waals surface area contributed by atoms with Crippen LogP contribution >= 0.6 is 27.7 Å². The van der Waals surface area contributed by atoms with Gasteiger partial charge in [0.1, 0.15) is 0 Å². The minimum Gasteiger partial charge on any atom is -0.398 e. The largest absolute Gasteiger partial charge is 0.398 e. The van der Waals surface area contributed by atoms with Gasteiger partial charge < -0.3 is 11.1 Å². The van der Waals surface area contributed by atoms with Crippen molar-refractivity contribution in [3.8, 4) is 0 Å². The van der Waals surface area contributed by atoms with E-state index in [1.165, 1.54) is 11.8 Å². The number of thioether (sulfide) groups is 1. The third kappa shape index (κ3) is 4.62. The highest BCUT2D eigenvalue weighted by Crippen LogP contribution is 2.28. The summed E-state index contributed by atoms with van der Waals surface area (Å²) < 4.78 is 23.9. The van der Waals surface area contributed by atoms with Gasteiger partial charge in [0.05, 0.1) is 22.8 Å². The first-order valence-electron chi connectivity index (χ1n) is 6.38. The van der Waals surface area contributed by atoms with Crippen LogP contribution in [-0.2, 0) is 14.6 Å². The molecule has 21 heavy (non-hydrogen) atoms. The van der Waals surface area contributed by atoms with Crippen molar-refractivity contribution in [2.24, 2.45) is 0 Å². The average molecular weight is 393 g/mol. The Morgan fingerprint density at radius 2 is 2.24 bits per heavy atom. The van der Waals surface area contributed by atoms with E-state index < -0.39 is 15.4 Å². The van der Waals surface area contributed by atoms with E-state index in [9.17, 15) is 13.2 Å². The Kier molecular flexibility index (Phi) is 4.89. The fraction of sp³-hybridized carbons (Fsp3) is 0.462. The molecule has 1 unspecified atom stereocenters. The number of halogens is 1. The Morgan fingerprint density at radius 3 is 2.81 bits per heavy atom. The van der Waals surface area contributed by atoms with E-state index in [0.717, 1.165) is 9.37 Å². The van der Waals surface area contributed by atoms with Gasteiger partial charge >= 0.3 is 0 Å². The number of anilines is 1. The van der Waals surface area contributed by atoms with Crippen LogP contribution in [0.4, 0.5) is 5.69 Å². The maximum atomic E-state index is 12.0. The molecule has 1 amide bonds. The summed E-state index contributed by atoms with van der Waals surface area (Å²) >= 11 is 4.67. The van der Waals surface area contributed by atoms with Crippen LogP contribution in [0.25, 0.3) is 0 Å². The fourth-order valence-corrected chi connectivity index (χ4v) is 5.50. The maximum Gasteiger partial charge on any atom is 0.230 e. The van der Waals surface area contributed by atoms with Gasteiger partial charge in [-0.25, -0.2) is 8.42 Å². The lowest BCUT2D eigenvalue weighted by Crippen LogP contribution is -2.47. The Balaban J connectivity index is 1.91. The highest BCUT2D eigenvalue weighted by Gasteiger charge is 2.39. The monoisotopic (exact) mass is 392 g/mol. The molecule has 1 saturated heterocycles. The molecule has 1 aromatic rings. The summed E-state index contributed by atoms with van der Waals surface area (Å²) in [6.45, 7) is 1.77. The Labute approximate surface area is 137 Å². The summed E-state index contributed by atoms with van der Waals surface area (Å²) in [4.78, 5) is 12.8. The molecular formula is C13H17BrN2O3S2. The lowest BCUT2D eigenvalue weighted by molar-refractivity contribution is -0.120. The van der Waals surface area contributed by atoms with Crippen molar-refractivity contribution in [3.63, 3.8) is 0 Å². The summed E-state index contributed by atoms with van der Waals surface area (Å²) in [5, 5.41) is 2.82. The number of nitrogens with two attached hydrogens (primary N) is 1. The minimum absolute atomic E-state index is 0.0107. The molecule has 0 bridgehead atoms. The molecule has 1 atom stereocenters. The van der Waals surface area contributed by atoms with Crippen molar-refractivity contribution in [2.45, 2.75) is 23.8 Å². The van der Waals surface area contributed by atoms with Crippen molar-refractivity contribution in [2.75, 3.05) is 23.0 Å². The lowest BCUT2D eigenvalue weighted by atomic mass is 10.0. The molecule has 1 aliphatic rings. The van der Waals surface area contributed by atoms with E-state index in [1.54, 1.807) is 13.0 Å². The van der Waals surface area contributed by atoms with Gasteiger partial charge in [-0.1, -0.05) is 15.9 Å². The predicted molar refractivity (Wildman–Crippen MR) is 89.1 cm³/mol. The zero-order valence-corrected chi connectivity index (χ0v) is 14.8. The molecule has 0 aromatic heterocycles. The maximum absolute atomic E-state index is 12.0. The molecule has 116 valence electrons. The van der Waals surface area contributed by atoms with Crippen LogP contribution in [0, 0.1) is 0 Å². The van der Waals surface area contributed by atoms with Gasteiger partial charge in [-0.3, -0.25) is 4.79 Å². The molecule has 1 aromatic carbocycles. The zero-order valence-electron chi connectivity index (χ0n) is 11.6. The molecule has 2 rings (SSSR count). The van der Waals surface area contributed by atoms with Crippen molar-refractivity contribution < 1.29 is 13.2 Å². The van der Waals surface area contributed by atoms with Crippen LogP contribution in [0.1, 0.15) is 13.3 Å². The van der Waals surface area contributed by atoms with Crippen LogP contribution < -0.4 is 11.1 Å². The first-order valence-corrected chi connectivity index (χ1v) is 9.98. The van der Waals surface area contributed by atoms with Crippen LogP contribution in [0.15, 0.2) is 27.6 Å². The first kappa shape index (κ1) is 16.6. The molecule has 1 fully saturated rings. The SMILES string of the molecule is CC1(NC(=O)CSc2ccc(Br)cc2N)CCS(=O)(=O)C1. The third-order valence-corrected chi connectivity index (χ3v) is 6.76. The quantitative estimate of drug-likeness (QED) is 0.602. The Morgan fingerprint density at radius 1 is 1.52 bits per heavy atom. The van der Waals surface area contributed by atoms with Crippen LogP contribution in [0.2, 0.25) is 0 Å². The van der Waals surface area contributed by atoms with E-state index in [-0.39, 0.29) is 23.2 Å². The molecule has 0 aliphatic carbocycles. The summed E-state index contributed by atoms with van der Waals surface area (Å²) in [5.74, 6) is 0.177. The third-order valence-electron chi connectivity index (χ3n) is 3.28. The van der Waals surface area contributed by atoms with Gasteiger partial charge in [0.25, 0.3) is 0 Å². The van der Waals surface area contributed by atoms with Crippen LogP contribution in [0.5, 0.6) is 0 Å². The highest BCUT2D eigenvalue weighted by atomic mass is 79.9. The molecule has 1 heterocycles. The lowest BCUT2D eigenvalue weighted by Gasteiger charge is -2.23. The minimum atomic E-state index is -3.02. The van der Waals surface area contributed by atoms with Crippen LogP contribution in [-0.4, -0.2) is 37.1 Å². The van der Waals surface area contributed by atoms with E-state index in [2.05, 4.69) is 21.2 Å². The van der Waals surface area contributed by atoms with Crippen molar-refractivity contribution in [1.82, 2.24) is 5.32 Å². The molecule has 1 aliphatic heterocycles. The summed E-state index contributed by atoms with van der Waals surface area (Å²) in [6.07, 6.45) is 0.464. The topological polar surface area (TPSA) is 89.3 Å². The number of carbonyl (C=O) groups is 1. The van der Waals surface area contributed by atoms with Gasteiger partial charge in [0.15, 0.2) is 9.84 Å². The second-order valence-electron chi connectivity index (χ2n) is 5.42. The number of nitrogens with one attached hydrogen (secondary N) is 1. The van der Waals surface area contributed by atoms with Gasteiger partial charge in [-0.05, 0) is 31.5 Å². The van der Waals surface area contributed by atoms with Gasteiger partial charge in [0.2, 0.25) is 5.91 Å². The number of benzene rings is 1. The number of rotatable bonds is 4. The Bertz CT molecular complexity index is 663. The first-order chi connectivity index (χ1) is 9.69. The molecular weight excluding hydrogens is 376 g/mol. The molecule has 0 radical (unpaired) electrons. The zero-order chi connectivity index (χ0) is 15.7. The van der Waals surface area contributed by atoms with E-state index in [0.29, 0.717) is 12.1 Å². The number of hydrogen-bond acceptors (Lipinski definition) is 5. The van der Waals surface area contributed by atoms with E-state index >= 15 is 0 Å². The Hall–Kier alpha value is -0.730.